The first kappa shape index (κ1) is 8.84. The quantitative estimate of drug-likeness (QED) is 0.534. The Bertz CT molecular complexity index is 801. The lowest BCUT2D eigenvalue weighted by atomic mass is 10.2. The number of aromatic nitrogens is 3. The van der Waals surface area contributed by atoms with Crippen LogP contribution >= 0.6 is 0 Å². The summed E-state index contributed by atoms with van der Waals surface area (Å²) in [7, 11) is 0. The maximum atomic E-state index is 11.5. The van der Waals surface area contributed by atoms with E-state index in [1.54, 1.807) is 18.2 Å². The molecule has 3 aromatic rings. The van der Waals surface area contributed by atoms with Crippen molar-refractivity contribution in [3.8, 4) is 0 Å². The molecule has 0 amide bonds. The van der Waals surface area contributed by atoms with Crippen molar-refractivity contribution in [3.05, 3.63) is 51.2 Å². The molecule has 0 saturated carbocycles. The Hall–Kier alpha value is -2.43. The fourth-order valence-electron chi connectivity index (χ4n) is 1.63. The van der Waals surface area contributed by atoms with E-state index in [9.17, 15) is 9.59 Å². The van der Waals surface area contributed by atoms with Crippen LogP contribution in [0.25, 0.3) is 21.9 Å². The molecule has 77 valence electrons. The third-order valence-electron chi connectivity index (χ3n) is 2.37. The molecule has 0 unspecified atom stereocenters. The van der Waals surface area contributed by atoms with Gasteiger partial charge in [0.05, 0.1) is 10.9 Å². The smallest absolute Gasteiger partial charge is 0.291 e. The second-order valence-electron chi connectivity index (χ2n) is 3.41. The molecule has 0 aliphatic heterocycles. The van der Waals surface area contributed by atoms with Crippen LogP contribution in [-0.4, -0.2) is 15.0 Å². The van der Waals surface area contributed by atoms with E-state index in [0.717, 1.165) is 5.39 Å². The van der Waals surface area contributed by atoms with Gasteiger partial charge in [0.15, 0.2) is 0 Å². The van der Waals surface area contributed by atoms with Crippen LogP contribution in [0.3, 0.4) is 0 Å². The van der Waals surface area contributed by atoms with E-state index in [-0.39, 0.29) is 0 Å². The second kappa shape index (κ2) is 3.03. The summed E-state index contributed by atoms with van der Waals surface area (Å²) in [6, 6.07) is 9.84. The summed E-state index contributed by atoms with van der Waals surface area (Å²) in [5.74, 6) is 0. The number of hydrogen-bond donors (Lipinski definition) is 2. The van der Waals surface area contributed by atoms with Gasteiger partial charge in [0.2, 0.25) is 0 Å². The molecule has 2 N–H and O–H groups in total. The largest absolute Gasteiger partial charge is 0.327 e. The Morgan fingerprint density at radius 2 is 2.12 bits per heavy atom. The van der Waals surface area contributed by atoms with Crippen LogP contribution in [0.15, 0.2) is 33.9 Å². The van der Waals surface area contributed by atoms with Gasteiger partial charge in [0.25, 0.3) is 5.56 Å². The Kier molecular flexibility index (Phi) is 1.67. The molecule has 0 bridgehead atoms. The fraction of sp³-hybridized carbons (Fsp3) is 0. The average molecular weight is 212 g/mol. The van der Waals surface area contributed by atoms with E-state index in [1.165, 1.54) is 0 Å². The number of nitrogens with zero attached hydrogens (tertiary/aromatic N) is 1. The molecule has 0 aliphatic carbocycles. The summed E-state index contributed by atoms with van der Waals surface area (Å²) in [6.07, 6.45) is 0. The molecule has 3 rings (SSSR count). The van der Waals surface area contributed by atoms with Gasteiger partial charge in [-0.1, -0.05) is 12.1 Å². The molecule has 0 saturated heterocycles. The molecule has 16 heavy (non-hydrogen) atoms. The third kappa shape index (κ3) is 1.22. The Morgan fingerprint density at radius 1 is 1.25 bits per heavy atom. The van der Waals surface area contributed by atoms with Crippen LogP contribution in [0, 0.1) is 6.07 Å². The van der Waals surface area contributed by atoms with Gasteiger partial charge in [-0.15, -0.1) is 0 Å². The van der Waals surface area contributed by atoms with Gasteiger partial charge in [-0.3, -0.25) is 14.8 Å². The fourth-order valence-corrected chi connectivity index (χ4v) is 1.63. The number of nitrogens with one attached hydrogen (secondary N) is 2. The number of pyridine rings is 1. The monoisotopic (exact) mass is 212 g/mol. The van der Waals surface area contributed by atoms with E-state index in [0.29, 0.717) is 16.6 Å². The van der Waals surface area contributed by atoms with Gasteiger partial charge in [0, 0.05) is 5.39 Å². The van der Waals surface area contributed by atoms with Crippen LogP contribution in [-0.2, 0) is 0 Å². The van der Waals surface area contributed by atoms with Crippen molar-refractivity contribution < 1.29 is 0 Å². The zero-order valence-electron chi connectivity index (χ0n) is 8.07. The second-order valence-corrected chi connectivity index (χ2v) is 3.41. The van der Waals surface area contributed by atoms with E-state index in [1.807, 2.05) is 6.07 Å². The van der Waals surface area contributed by atoms with Gasteiger partial charge in [0.1, 0.15) is 5.65 Å². The summed E-state index contributed by atoms with van der Waals surface area (Å²) >= 11 is 0. The predicted octanol–water partition coefficient (Wildman–Crippen LogP) is 0.565. The summed E-state index contributed by atoms with van der Waals surface area (Å²) in [5, 5.41) is 1.21. The maximum Gasteiger partial charge on any atom is 0.327 e. The number of rotatable bonds is 0. The van der Waals surface area contributed by atoms with Crippen LogP contribution in [0.2, 0.25) is 0 Å². The van der Waals surface area contributed by atoms with Crippen molar-refractivity contribution in [2.75, 3.05) is 0 Å². The summed E-state index contributed by atoms with van der Waals surface area (Å²) < 4.78 is 0. The molecule has 0 spiro atoms. The first-order chi connectivity index (χ1) is 7.74. The van der Waals surface area contributed by atoms with Gasteiger partial charge >= 0.3 is 5.69 Å². The zero-order valence-corrected chi connectivity index (χ0v) is 8.07. The standard InChI is InChI=1S/C11H6N3O2/c15-10-7-5-6-3-1-2-4-8(6)12-9(7)13-11(16)14-10/h1,3-5H,(H2,12,13,14,15,16). The number of H-pyrrole nitrogens is 2. The Balaban J connectivity index is 2.61. The van der Waals surface area contributed by atoms with E-state index in [2.05, 4.69) is 21.0 Å². The predicted molar refractivity (Wildman–Crippen MR) is 59.3 cm³/mol. The van der Waals surface area contributed by atoms with E-state index < -0.39 is 11.2 Å². The van der Waals surface area contributed by atoms with Crippen molar-refractivity contribution in [2.45, 2.75) is 0 Å². The van der Waals surface area contributed by atoms with Crippen molar-refractivity contribution >= 4 is 21.9 Å². The molecule has 1 aromatic carbocycles. The minimum absolute atomic E-state index is 0.292. The number of hydrogen-bond acceptors (Lipinski definition) is 3. The van der Waals surface area contributed by atoms with Crippen molar-refractivity contribution in [1.29, 1.82) is 0 Å². The summed E-state index contributed by atoms with van der Waals surface area (Å²) in [5.41, 5.74) is 0.00217. The highest BCUT2D eigenvalue weighted by Crippen LogP contribution is 2.13. The van der Waals surface area contributed by atoms with Gasteiger partial charge in [-0.2, -0.15) is 0 Å². The van der Waals surface area contributed by atoms with Gasteiger partial charge in [-0.05, 0) is 18.2 Å². The van der Waals surface area contributed by atoms with Crippen LogP contribution in [0.4, 0.5) is 0 Å². The minimum atomic E-state index is -0.552. The molecular weight excluding hydrogens is 206 g/mol. The van der Waals surface area contributed by atoms with E-state index in [4.69, 9.17) is 0 Å². The number of benzene rings is 1. The highest BCUT2D eigenvalue weighted by molar-refractivity contribution is 5.90. The minimum Gasteiger partial charge on any atom is -0.291 e. The molecule has 2 heterocycles. The molecule has 0 atom stereocenters. The lowest BCUT2D eigenvalue weighted by Gasteiger charge is -1.99. The van der Waals surface area contributed by atoms with Crippen LogP contribution < -0.4 is 11.2 Å². The highest BCUT2D eigenvalue weighted by Gasteiger charge is 2.03. The molecule has 5 heteroatoms. The maximum absolute atomic E-state index is 11.5. The lowest BCUT2D eigenvalue weighted by molar-refractivity contribution is 1.07. The third-order valence-corrected chi connectivity index (χ3v) is 2.37. The molecule has 5 nitrogen and oxygen atoms in total. The zero-order chi connectivity index (χ0) is 11.1. The van der Waals surface area contributed by atoms with Gasteiger partial charge in [-0.25, -0.2) is 9.78 Å². The summed E-state index contributed by atoms with van der Waals surface area (Å²) in [4.78, 5) is 31.4. The molecule has 2 aromatic heterocycles. The van der Waals surface area contributed by atoms with Crippen molar-refractivity contribution in [2.24, 2.45) is 0 Å². The van der Waals surface area contributed by atoms with Crippen molar-refractivity contribution in [1.82, 2.24) is 15.0 Å². The average Bonchev–Trinajstić information content (AvgIpc) is 2.27. The highest BCUT2D eigenvalue weighted by atomic mass is 16.2. The summed E-state index contributed by atoms with van der Waals surface area (Å²) in [6.45, 7) is 0. The topological polar surface area (TPSA) is 78.6 Å². The SMILES string of the molecule is O=c1[nH]c(=O)c2cc3cc[c]cc3nc2[nH]1. The van der Waals surface area contributed by atoms with Gasteiger partial charge < -0.3 is 0 Å². The molecule has 0 aliphatic rings. The van der Waals surface area contributed by atoms with Crippen LogP contribution in [0.1, 0.15) is 0 Å². The molecule has 0 fully saturated rings. The normalized spacial score (nSPS) is 11.0. The van der Waals surface area contributed by atoms with E-state index >= 15 is 0 Å². The Labute approximate surface area is 88.8 Å². The van der Waals surface area contributed by atoms with Crippen LogP contribution in [0.5, 0.6) is 0 Å². The molecule has 1 radical (unpaired) electrons. The first-order valence-corrected chi connectivity index (χ1v) is 4.67. The first-order valence-electron chi connectivity index (χ1n) is 4.67. The Morgan fingerprint density at radius 3 is 3.00 bits per heavy atom. The molecular formula is C11H6N3O2. The lowest BCUT2D eigenvalue weighted by Crippen LogP contribution is -2.22. The number of fused-ring (bicyclic) bond motifs is 2. The number of aromatic amines is 2. The van der Waals surface area contributed by atoms with Crippen molar-refractivity contribution in [3.63, 3.8) is 0 Å².